The molecule has 7 nitrogen and oxygen atoms in total. The third-order valence-corrected chi connectivity index (χ3v) is 3.74. The lowest BCUT2D eigenvalue weighted by molar-refractivity contribution is 0.281. The lowest BCUT2D eigenvalue weighted by Crippen LogP contribution is -2.41. The first-order valence-electron chi connectivity index (χ1n) is 7.46. The maximum absolute atomic E-state index is 11.0. The highest BCUT2D eigenvalue weighted by Crippen LogP contribution is 2.07. The van der Waals surface area contributed by atoms with Crippen LogP contribution in [-0.4, -0.2) is 65.9 Å². The standard InChI is InChI=1S/C15H26N4O3S.HI/c1-16-15(17-10-7-11-18-23(3,20)21)19(2)12-13-22-14-8-5-4-6-9-14;/h4-6,8-9,18H,7,10-13H2,1-3H3,(H,16,17);1H. The average molecular weight is 470 g/mol. The highest BCUT2D eigenvalue weighted by atomic mass is 127. The second kappa shape index (κ2) is 12.3. The van der Waals surface area contributed by atoms with E-state index in [9.17, 15) is 8.42 Å². The predicted molar refractivity (Wildman–Crippen MR) is 109 cm³/mol. The van der Waals surface area contributed by atoms with Gasteiger partial charge >= 0.3 is 0 Å². The number of nitrogens with one attached hydrogen (secondary N) is 2. The molecule has 0 aliphatic heterocycles. The molecule has 0 aliphatic carbocycles. The number of hydrogen-bond donors (Lipinski definition) is 2. The second-order valence-electron chi connectivity index (χ2n) is 5.08. The minimum Gasteiger partial charge on any atom is -0.492 e. The largest absolute Gasteiger partial charge is 0.492 e. The molecule has 0 bridgehead atoms. The molecule has 0 amide bonds. The summed E-state index contributed by atoms with van der Waals surface area (Å²) in [5.74, 6) is 1.59. The summed E-state index contributed by atoms with van der Waals surface area (Å²) >= 11 is 0. The van der Waals surface area contributed by atoms with Crippen LogP contribution in [-0.2, 0) is 10.0 Å². The highest BCUT2D eigenvalue weighted by molar-refractivity contribution is 14.0. The molecule has 1 aromatic carbocycles. The molecule has 1 rings (SSSR count). The van der Waals surface area contributed by atoms with Crippen molar-refractivity contribution in [2.45, 2.75) is 6.42 Å². The van der Waals surface area contributed by atoms with Crippen LogP contribution in [0.15, 0.2) is 35.3 Å². The number of sulfonamides is 1. The van der Waals surface area contributed by atoms with Gasteiger partial charge in [0.1, 0.15) is 12.4 Å². The van der Waals surface area contributed by atoms with E-state index in [0.29, 0.717) is 32.7 Å². The molecule has 0 aliphatic rings. The summed E-state index contributed by atoms with van der Waals surface area (Å²) in [5.41, 5.74) is 0. The van der Waals surface area contributed by atoms with Crippen LogP contribution in [0.1, 0.15) is 6.42 Å². The first kappa shape index (κ1) is 22.9. The zero-order chi connectivity index (χ0) is 17.1. The van der Waals surface area contributed by atoms with Crippen LogP contribution in [0.3, 0.4) is 0 Å². The van der Waals surface area contributed by atoms with E-state index in [2.05, 4.69) is 15.0 Å². The fraction of sp³-hybridized carbons (Fsp3) is 0.533. The van der Waals surface area contributed by atoms with Crippen LogP contribution in [0, 0.1) is 0 Å². The zero-order valence-corrected chi connectivity index (χ0v) is 17.5. The molecule has 9 heteroatoms. The van der Waals surface area contributed by atoms with Gasteiger partial charge in [0.25, 0.3) is 0 Å². The number of benzene rings is 1. The number of nitrogens with zero attached hydrogens (tertiary/aromatic N) is 2. The molecular weight excluding hydrogens is 443 g/mol. The number of halogens is 1. The monoisotopic (exact) mass is 470 g/mol. The fourth-order valence-electron chi connectivity index (χ4n) is 1.85. The van der Waals surface area contributed by atoms with Crippen molar-refractivity contribution in [1.29, 1.82) is 0 Å². The summed E-state index contributed by atoms with van der Waals surface area (Å²) in [4.78, 5) is 6.16. The molecule has 0 unspecified atom stereocenters. The predicted octanol–water partition coefficient (Wildman–Crippen LogP) is 1.13. The molecule has 0 fully saturated rings. The number of rotatable bonds is 9. The van der Waals surface area contributed by atoms with Gasteiger partial charge in [0.15, 0.2) is 5.96 Å². The van der Waals surface area contributed by atoms with E-state index < -0.39 is 10.0 Å². The number of aliphatic imine (C=N–C) groups is 1. The van der Waals surface area contributed by atoms with Crippen LogP contribution >= 0.6 is 24.0 Å². The minimum atomic E-state index is -3.12. The van der Waals surface area contributed by atoms with Gasteiger partial charge in [-0.15, -0.1) is 24.0 Å². The van der Waals surface area contributed by atoms with Crippen molar-refractivity contribution < 1.29 is 13.2 Å². The third-order valence-electron chi connectivity index (χ3n) is 3.01. The smallest absolute Gasteiger partial charge is 0.208 e. The lowest BCUT2D eigenvalue weighted by atomic mass is 10.3. The molecule has 138 valence electrons. The van der Waals surface area contributed by atoms with E-state index in [1.807, 2.05) is 42.3 Å². The number of likely N-dealkylation sites (N-methyl/N-ethyl adjacent to an activating group) is 1. The Hall–Kier alpha value is -1.07. The van der Waals surface area contributed by atoms with Crippen molar-refractivity contribution in [3.63, 3.8) is 0 Å². The Kier molecular flexibility index (Phi) is 11.8. The van der Waals surface area contributed by atoms with Crippen LogP contribution < -0.4 is 14.8 Å². The molecule has 2 N–H and O–H groups in total. The minimum absolute atomic E-state index is 0. The second-order valence-corrected chi connectivity index (χ2v) is 6.91. The highest BCUT2D eigenvalue weighted by Gasteiger charge is 2.05. The Balaban J connectivity index is 0.00000529. The van der Waals surface area contributed by atoms with E-state index in [1.54, 1.807) is 7.05 Å². The van der Waals surface area contributed by atoms with Gasteiger partial charge in [0.2, 0.25) is 10.0 Å². The van der Waals surface area contributed by atoms with Gasteiger partial charge in [-0.2, -0.15) is 0 Å². The summed E-state index contributed by atoms with van der Waals surface area (Å²) in [7, 11) is 0.523. The number of hydrogen-bond acceptors (Lipinski definition) is 4. The molecule has 24 heavy (non-hydrogen) atoms. The van der Waals surface area contributed by atoms with Gasteiger partial charge in [-0.05, 0) is 18.6 Å². The van der Waals surface area contributed by atoms with Crippen molar-refractivity contribution >= 4 is 40.0 Å². The summed E-state index contributed by atoms with van der Waals surface area (Å²) in [6.45, 7) is 2.29. The molecule has 0 saturated heterocycles. The average Bonchev–Trinajstić information content (AvgIpc) is 2.50. The summed E-state index contributed by atoms with van der Waals surface area (Å²) < 4.78 is 30.0. The van der Waals surface area contributed by atoms with E-state index in [1.165, 1.54) is 0 Å². The molecule has 0 spiro atoms. The Morgan fingerprint density at radius 3 is 2.50 bits per heavy atom. The Bertz CT molecular complexity index is 582. The quantitative estimate of drug-likeness (QED) is 0.245. The molecule has 0 radical (unpaired) electrons. The maximum Gasteiger partial charge on any atom is 0.208 e. The Morgan fingerprint density at radius 1 is 1.25 bits per heavy atom. The summed E-state index contributed by atoms with van der Waals surface area (Å²) in [6, 6.07) is 9.65. The number of para-hydroxylation sites is 1. The van der Waals surface area contributed by atoms with E-state index in [4.69, 9.17) is 4.74 Å². The maximum atomic E-state index is 11.0. The van der Waals surface area contributed by atoms with Gasteiger partial charge in [-0.1, -0.05) is 18.2 Å². The van der Waals surface area contributed by atoms with Crippen LogP contribution in [0.25, 0.3) is 0 Å². The lowest BCUT2D eigenvalue weighted by Gasteiger charge is -2.22. The Morgan fingerprint density at radius 2 is 1.92 bits per heavy atom. The van der Waals surface area contributed by atoms with Gasteiger partial charge in [-0.25, -0.2) is 13.1 Å². The van der Waals surface area contributed by atoms with E-state index >= 15 is 0 Å². The van der Waals surface area contributed by atoms with Crippen LogP contribution in [0.4, 0.5) is 0 Å². The van der Waals surface area contributed by atoms with Crippen molar-refractivity contribution in [3.05, 3.63) is 30.3 Å². The fourth-order valence-corrected chi connectivity index (χ4v) is 2.37. The van der Waals surface area contributed by atoms with Gasteiger partial charge < -0.3 is 15.0 Å². The number of guanidine groups is 1. The van der Waals surface area contributed by atoms with Gasteiger partial charge in [0, 0.05) is 27.2 Å². The molecule has 0 heterocycles. The van der Waals surface area contributed by atoms with Crippen molar-refractivity contribution in [2.75, 3.05) is 46.6 Å². The Labute approximate surface area is 161 Å². The van der Waals surface area contributed by atoms with E-state index in [-0.39, 0.29) is 24.0 Å². The van der Waals surface area contributed by atoms with Crippen molar-refractivity contribution in [1.82, 2.24) is 14.9 Å². The number of ether oxygens (including phenoxy) is 1. The normalized spacial score (nSPS) is 11.5. The third kappa shape index (κ3) is 10.7. The topological polar surface area (TPSA) is 83.0 Å². The van der Waals surface area contributed by atoms with Crippen LogP contribution in [0.5, 0.6) is 5.75 Å². The van der Waals surface area contributed by atoms with Gasteiger partial charge in [0.05, 0.1) is 12.8 Å². The SMILES string of the molecule is CN=C(NCCCNS(C)(=O)=O)N(C)CCOc1ccccc1.I. The van der Waals surface area contributed by atoms with Crippen molar-refractivity contribution in [3.8, 4) is 5.75 Å². The molecule has 0 aromatic heterocycles. The van der Waals surface area contributed by atoms with E-state index in [0.717, 1.165) is 18.0 Å². The first-order chi connectivity index (χ1) is 10.9. The molecule has 0 saturated carbocycles. The summed E-state index contributed by atoms with van der Waals surface area (Å²) in [6.07, 6.45) is 1.83. The molecular formula is C15H27IN4O3S. The van der Waals surface area contributed by atoms with Gasteiger partial charge in [-0.3, -0.25) is 4.99 Å². The zero-order valence-electron chi connectivity index (χ0n) is 14.4. The van der Waals surface area contributed by atoms with Crippen LogP contribution in [0.2, 0.25) is 0 Å². The first-order valence-corrected chi connectivity index (χ1v) is 9.36. The van der Waals surface area contributed by atoms with Crippen molar-refractivity contribution in [2.24, 2.45) is 4.99 Å². The summed E-state index contributed by atoms with van der Waals surface area (Å²) in [5, 5.41) is 3.19. The molecule has 1 aromatic rings. The molecule has 0 atom stereocenters.